The third kappa shape index (κ3) is 4.43. The Hall–Kier alpha value is -1.58. The fourth-order valence-corrected chi connectivity index (χ4v) is 1.67. The average molecular weight is 236 g/mol. The molecular weight excluding hydrogens is 214 g/mol. The lowest BCUT2D eigenvalue weighted by Gasteiger charge is -2.13. The molecule has 0 atom stereocenters. The average Bonchev–Trinajstić information content (AvgIpc) is 2.74. The number of carbonyl (C=O) groups excluding carboxylic acids is 1. The highest BCUT2D eigenvalue weighted by Gasteiger charge is 2.15. The molecule has 0 aromatic carbocycles. The molecule has 0 aliphatic heterocycles. The number of unbranched alkanes of at least 4 members (excludes halogenated alkanes) is 3. The van der Waals surface area contributed by atoms with Crippen LogP contribution in [0.2, 0.25) is 0 Å². The lowest BCUT2D eigenvalue weighted by atomic mass is 10.2. The smallest absolute Gasteiger partial charge is 0.307 e. The van der Waals surface area contributed by atoms with Gasteiger partial charge in [0, 0.05) is 13.6 Å². The van der Waals surface area contributed by atoms with Crippen molar-refractivity contribution in [3.8, 4) is 0 Å². The Labute approximate surface area is 103 Å². The van der Waals surface area contributed by atoms with Crippen LogP contribution in [-0.2, 0) is 7.05 Å². The van der Waals surface area contributed by atoms with Crippen molar-refractivity contribution >= 4 is 6.03 Å². The monoisotopic (exact) mass is 236 g/mol. The Morgan fingerprint density at radius 2 is 2.24 bits per heavy atom. The molecule has 0 bridgehead atoms. The molecule has 0 spiro atoms. The lowest BCUT2D eigenvalue weighted by Crippen LogP contribution is -2.33. The van der Waals surface area contributed by atoms with Gasteiger partial charge in [-0.05, 0) is 19.3 Å². The van der Waals surface area contributed by atoms with E-state index in [4.69, 9.17) is 0 Å². The first kappa shape index (κ1) is 13.5. The second-order valence-corrected chi connectivity index (χ2v) is 4.33. The van der Waals surface area contributed by atoms with Gasteiger partial charge in [-0.25, -0.2) is 9.36 Å². The maximum Gasteiger partial charge on any atom is 0.415 e. The molecule has 4 heteroatoms. The summed E-state index contributed by atoms with van der Waals surface area (Å²) in [6, 6.07) is 0.0225. The zero-order chi connectivity index (χ0) is 12.7. The van der Waals surface area contributed by atoms with Gasteiger partial charge in [-0.2, -0.15) is 4.57 Å². The van der Waals surface area contributed by atoms with Crippen molar-refractivity contribution in [2.24, 2.45) is 7.05 Å². The Kier molecular flexibility index (Phi) is 5.46. The fourth-order valence-electron chi connectivity index (χ4n) is 1.67. The summed E-state index contributed by atoms with van der Waals surface area (Å²) in [5.74, 6) is 0. The maximum absolute atomic E-state index is 11.9. The minimum Gasteiger partial charge on any atom is -0.307 e. The minimum absolute atomic E-state index is 0.0225. The van der Waals surface area contributed by atoms with Crippen molar-refractivity contribution < 1.29 is 9.36 Å². The van der Waals surface area contributed by atoms with Gasteiger partial charge in [-0.15, -0.1) is 6.58 Å². The second kappa shape index (κ2) is 6.89. The van der Waals surface area contributed by atoms with E-state index in [0.29, 0.717) is 0 Å². The summed E-state index contributed by atoms with van der Waals surface area (Å²) < 4.78 is 3.46. The van der Waals surface area contributed by atoms with Crippen molar-refractivity contribution in [3.05, 3.63) is 31.4 Å². The molecule has 0 saturated carbocycles. The number of aryl methyl sites for hydroxylation is 1. The predicted molar refractivity (Wildman–Crippen MR) is 67.7 cm³/mol. The van der Waals surface area contributed by atoms with E-state index in [2.05, 4.69) is 6.58 Å². The second-order valence-electron chi connectivity index (χ2n) is 4.33. The highest BCUT2D eigenvalue weighted by molar-refractivity contribution is 5.76. The maximum atomic E-state index is 11.9. The molecule has 1 amide bonds. The van der Waals surface area contributed by atoms with Crippen LogP contribution in [0, 0.1) is 0 Å². The number of imidazole rings is 1. The largest absolute Gasteiger partial charge is 0.415 e. The van der Waals surface area contributed by atoms with E-state index in [-0.39, 0.29) is 6.03 Å². The molecule has 0 unspecified atom stereocenters. The van der Waals surface area contributed by atoms with E-state index in [0.717, 1.165) is 32.2 Å². The minimum atomic E-state index is 0.0225. The molecule has 1 heterocycles. The molecular formula is C13H22N3O+. The number of nitrogens with zero attached hydrogens (tertiary/aromatic N) is 3. The van der Waals surface area contributed by atoms with Crippen LogP contribution in [0.1, 0.15) is 25.7 Å². The molecule has 0 aliphatic rings. The molecule has 1 aromatic heterocycles. The summed E-state index contributed by atoms with van der Waals surface area (Å²) in [7, 11) is 3.74. The number of aromatic nitrogens is 2. The van der Waals surface area contributed by atoms with Gasteiger partial charge in [0.1, 0.15) is 12.4 Å². The van der Waals surface area contributed by atoms with Crippen molar-refractivity contribution in [2.45, 2.75) is 25.7 Å². The Bertz CT molecular complexity index is 370. The van der Waals surface area contributed by atoms with Gasteiger partial charge >= 0.3 is 6.03 Å². The summed E-state index contributed by atoms with van der Waals surface area (Å²) in [6.07, 6.45) is 11.7. The fraction of sp³-hybridized carbons (Fsp3) is 0.538. The first-order valence-corrected chi connectivity index (χ1v) is 6.04. The molecule has 1 rings (SSSR count). The van der Waals surface area contributed by atoms with Gasteiger partial charge in [0.05, 0.1) is 7.05 Å². The van der Waals surface area contributed by atoms with E-state index in [1.807, 2.05) is 30.9 Å². The van der Waals surface area contributed by atoms with Crippen LogP contribution in [-0.4, -0.2) is 29.1 Å². The van der Waals surface area contributed by atoms with E-state index in [1.54, 1.807) is 22.0 Å². The molecule has 1 aromatic rings. The summed E-state index contributed by atoms with van der Waals surface area (Å²) in [4.78, 5) is 13.7. The van der Waals surface area contributed by atoms with Crippen LogP contribution < -0.4 is 4.57 Å². The quantitative estimate of drug-likeness (QED) is 0.422. The first-order chi connectivity index (χ1) is 8.15. The Morgan fingerprint density at radius 3 is 2.82 bits per heavy atom. The summed E-state index contributed by atoms with van der Waals surface area (Å²) in [6.45, 7) is 4.50. The van der Waals surface area contributed by atoms with Crippen LogP contribution in [0.15, 0.2) is 31.4 Å². The van der Waals surface area contributed by atoms with Crippen molar-refractivity contribution in [2.75, 3.05) is 13.6 Å². The van der Waals surface area contributed by atoms with Crippen LogP contribution >= 0.6 is 0 Å². The van der Waals surface area contributed by atoms with Gasteiger partial charge in [-0.3, -0.25) is 0 Å². The molecule has 17 heavy (non-hydrogen) atoms. The number of carbonyl (C=O) groups is 1. The van der Waals surface area contributed by atoms with E-state index in [1.165, 1.54) is 0 Å². The zero-order valence-corrected chi connectivity index (χ0v) is 10.8. The zero-order valence-electron chi connectivity index (χ0n) is 10.8. The third-order valence-corrected chi connectivity index (χ3v) is 2.72. The number of allylic oxidation sites excluding steroid dienone is 1. The van der Waals surface area contributed by atoms with Gasteiger partial charge in [0.2, 0.25) is 0 Å². The highest BCUT2D eigenvalue weighted by Crippen LogP contribution is 2.02. The van der Waals surface area contributed by atoms with Crippen molar-refractivity contribution in [1.82, 2.24) is 9.47 Å². The van der Waals surface area contributed by atoms with E-state index >= 15 is 0 Å². The van der Waals surface area contributed by atoms with Crippen LogP contribution in [0.3, 0.4) is 0 Å². The summed E-state index contributed by atoms with van der Waals surface area (Å²) in [5.41, 5.74) is 0. The SMILES string of the molecule is C=CCCCCCN(C)C(=O)n1cc[n+](C)c1. The Balaban J connectivity index is 2.30. The normalized spacial score (nSPS) is 10.2. The molecule has 94 valence electrons. The highest BCUT2D eigenvalue weighted by atomic mass is 16.2. The number of amides is 1. The molecule has 0 saturated heterocycles. The van der Waals surface area contributed by atoms with Crippen LogP contribution in [0.5, 0.6) is 0 Å². The van der Waals surface area contributed by atoms with Gasteiger partial charge in [0.25, 0.3) is 6.33 Å². The van der Waals surface area contributed by atoms with Gasteiger partial charge in [-0.1, -0.05) is 12.5 Å². The molecule has 0 radical (unpaired) electrons. The predicted octanol–water partition coefficient (Wildman–Crippen LogP) is 1.96. The lowest BCUT2D eigenvalue weighted by molar-refractivity contribution is -0.670. The molecule has 0 fully saturated rings. The molecule has 0 N–H and O–H groups in total. The van der Waals surface area contributed by atoms with E-state index < -0.39 is 0 Å². The topological polar surface area (TPSA) is 29.1 Å². The first-order valence-electron chi connectivity index (χ1n) is 6.04. The number of rotatable bonds is 6. The van der Waals surface area contributed by atoms with Gasteiger partial charge in [0.15, 0.2) is 0 Å². The number of hydrogen-bond acceptors (Lipinski definition) is 1. The van der Waals surface area contributed by atoms with Crippen molar-refractivity contribution in [1.29, 1.82) is 0 Å². The summed E-state index contributed by atoms with van der Waals surface area (Å²) in [5, 5.41) is 0. The number of hydrogen-bond donors (Lipinski definition) is 0. The van der Waals surface area contributed by atoms with E-state index in [9.17, 15) is 4.79 Å². The van der Waals surface area contributed by atoms with Crippen molar-refractivity contribution in [3.63, 3.8) is 0 Å². The third-order valence-electron chi connectivity index (χ3n) is 2.72. The molecule has 4 nitrogen and oxygen atoms in total. The Morgan fingerprint density at radius 1 is 1.47 bits per heavy atom. The summed E-state index contributed by atoms with van der Waals surface area (Å²) >= 11 is 0. The van der Waals surface area contributed by atoms with Gasteiger partial charge < -0.3 is 4.90 Å². The van der Waals surface area contributed by atoms with Crippen LogP contribution in [0.25, 0.3) is 0 Å². The molecule has 0 aliphatic carbocycles. The van der Waals surface area contributed by atoms with Crippen LogP contribution in [0.4, 0.5) is 4.79 Å². The standard InChI is InChI=1S/C13H22N3O/c1-4-5-6-7-8-9-15(3)13(17)16-11-10-14(2)12-16/h4,10-12H,1,5-9H2,2-3H3/q+1.